The van der Waals surface area contributed by atoms with E-state index < -0.39 is 0 Å². The van der Waals surface area contributed by atoms with E-state index in [-0.39, 0.29) is 23.5 Å². The summed E-state index contributed by atoms with van der Waals surface area (Å²) in [6, 6.07) is 0. The van der Waals surface area contributed by atoms with E-state index >= 15 is 0 Å². The van der Waals surface area contributed by atoms with Crippen molar-refractivity contribution in [3.05, 3.63) is 0 Å². The minimum atomic E-state index is -0.389. The first kappa shape index (κ1) is 9.68. The largest absolute Gasteiger partial charge is 0.352 e. The summed E-state index contributed by atoms with van der Waals surface area (Å²) in [5, 5.41) is 3.04. The van der Waals surface area contributed by atoms with E-state index in [1.165, 1.54) is 0 Å². The number of hydrogen-bond acceptors (Lipinski definition) is 3. The summed E-state index contributed by atoms with van der Waals surface area (Å²) < 4.78 is 5.39. The third kappa shape index (κ3) is 2.05. The van der Waals surface area contributed by atoms with Gasteiger partial charge in [-0.05, 0) is 6.92 Å². The van der Waals surface area contributed by atoms with Crippen LogP contribution >= 0.6 is 0 Å². The van der Waals surface area contributed by atoms with E-state index in [0.29, 0.717) is 0 Å². The summed E-state index contributed by atoms with van der Waals surface area (Å²) in [4.78, 5) is 11.6. The number of rotatable bonds is 1. The van der Waals surface area contributed by atoms with Crippen LogP contribution in [0, 0.1) is 5.41 Å². The highest BCUT2D eigenvalue weighted by molar-refractivity contribution is 5.87. The quantitative estimate of drug-likeness (QED) is 0.638. The number of ether oxygens (including phenoxy) is 1. The Morgan fingerprint density at radius 2 is 2.08 bits per heavy atom. The molecule has 0 aromatic carbocycles. The second kappa shape index (κ2) is 3.15. The highest BCUT2D eigenvalue weighted by atomic mass is 16.5. The molecule has 0 spiro atoms. The first-order valence-corrected chi connectivity index (χ1v) is 4.34. The molecule has 0 aliphatic carbocycles. The maximum absolute atomic E-state index is 11.6. The van der Waals surface area contributed by atoms with Crippen molar-refractivity contribution >= 4 is 5.78 Å². The van der Waals surface area contributed by atoms with E-state index in [1.807, 2.05) is 27.7 Å². The molecule has 1 rings (SSSR count). The minimum Gasteiger partial charge on any atom is -0.352 e. The van der Waals surface area contributed by atoms with Crippen molar-refractivity contribution in [3.63, 3.8) is 0 Å². The molecule has 3 nitrogen and oxygen atoms in total. The van der Waals surface area contributed by atoms with Crippen molar-refractivity contribution in [1.29, 1.82) is 0 Å². The van der Waals surface area contributed by atoms with Crippen LogP contribution < -0.4 is 5.32 Å². The molecule has 1 fully saturated rings. The molecule has 12 heavy (non-hydrogen) atoms. The highest BCUT2D eigenvalue weighted by Gasteiger charge is 2.34. The Bertz CT molecular complexity index is 183. The number of carbonyl (C=O) groups excluding carboxylic acids is 1. The van der Waals surface area contributed by atoms with Crippen LogP contribution in [-0.2, 0) is 9.53 Å². The fourth-order valence-corrected chi connectivity index (χ4v) is 1.15. The molecule has 2 unspecified atom stereocenters. The number of ketones is 1. The Morgan fingerprint density at radius 3 is 2.42 bits per heavy atom. The van der Waals surface area contributed by atoms with Crippen LogP contribution in [0.4, 0.5) is 0 Å². The first-order valence-electron chi connectivity index (χ1n) is 4.34. The molecule has 1 heterocycles. The van der Waals surface area contributed by atoms with E-state index in [1.54, 1.807) is 0 Å². The molecular weight excluding hydrogens is 154 g/mol. The van der Waals surface area contributed by atoms with E-state index in [4.69, 9.17) is 4.74 Å². The van der Waals surface area contributed by atoms with Crippen LogP contribution in [0.15, 0.2) is 0 Å². The van der Waals surface area contributed by atoms with Gasteiger partial charge in [0.1, 0.15) is 0 Å². The van der Waals surface area contributed by atoms with Crippen molar-refractivity contribution < 1.29 is 9.53 Å². The normalized spacial score (nSPS) is 30.7. The van der Waals surface area contributed by atoms with Gasteiger partial charge >= 0.3 is 0 Å². The van der Waals surface area contributed by atoms with Gasteiger partial charge < -0.3 is 4.74 Å². The second-order valence-corrected chi connectivity index (χ2v) is 4.35. The number of nitrogens with one attached hydrogen (secondary N) is 1. The zero-order chi connectivity index (χ0) is 9.35. The maximum atomic E-state index is 11.6. The topological polar surface area (TPSA) is 38.3 Å². The standard InChI is InChI=1S/C9H17NO2/c1-6-5-10-8(12-6)7(11)9(2,3)4/h6,8,10H,5H2,1-4H3. The molecule has 1 saturated heterocycles. The average molecular weight is 171 g/mol. The SMILES string of the molecule is CC1CNC(C(=O)C(C)(C)C)O1. The van der Waals surface area contributed by atoms with Gasteiger partial charge in [0.15, 0.2) is 12.0 Å². The lowest BCUT2D eigenvalue weighted by Crippen LogP contribution is -2.39. The predicted molar refractivity (Wildman–Crippen MR) is 46.8 cm³/mol. The van der Waals surface area contributed by atoms with Gasteiger partial charge in [-0.3, -0.25) is 10.1 Å². The Morgan fingerprint density at radius 1 is 1.50 bits per heavy atom. The Labute approximate surface area is 73.5 Å². The summed E-state index contributed by atoms with van der Waals surface area (Å²) >= 11 is 0. The molecule has 1 N–H and O–H groups in total. The van der Waals surface area contributed by atoms with Gasteiger partial charge in [-0.2, -0.15) is 0 Å². The van der Waals surface area contributed by atoms with Crippen molar-refractivity contribution in [2.45, 2.75) is 40.0 Å². The molecule has 0 bridgehead atoms. The maximum Gasteiger partial charge on any atom is 0.181 e. The van der Waals surface area contributed by atoms with Crippen molar-refractivity contribution in [3.8, 4) is 0 Å². The zero-order valence-electron chi connectivity index (χ0n) is 8.18. The second-order valence-electron chi connectivity index (χ2n) is 4.35. The third-order valence-electron chi connectivity index (χ3n) is 1.94. The van der Waals surface area contributed by atoms with E-state index in [0.717, 1.165) is 6.54 Å². The lowest BCUT2D eigenvalue weighted by molar-refractivity contribution is -0.138. The highest BCUT2D eigenvalue weighted by Crippen LogP contribution is 2.19. The number of hydrogen-bond donors (Lipinski definition) is 1. The molecule has 0 saturated carbocycles. The summed E-state index contributed by atoms with van der Waals surface area (Å²) in [5.41, 5.74) is -0.318. The minimum absolute atomic E-state index is 0.131. The Kier molecular flexibility index (Phi) is 2.54. The average Bonchev–Trinajstić information content (AvgIpc) is 2.32. The molecule has 70 valence electrons. The molecule has 0 radical (unpaired) electrons. The van der Waals surface area contributed by atoms with Crippen LogP contribution in [0.25, 0.3) is 0 Å². The lowest BCUT2D eigenvalue weighted by Gasteiger charge is -2.20. The van der Waals surface area contributed by atoms with Gasteiger partial charge in [0.2, 0.25) is 0 Å². The molecule has 1 aliphatic heterocycles. The predicted octanol–water partition coefficient (Wildman–Crippen LogP) is 0.936. The first-order chi connectivity index (χ1) is 5.41. The van der Waals surface area contributed by atoms with Crippen LogP contribution in [0.1, 0.15) is 27.7 Å². The van der Waals surface area contributed by atoms with Gasteiger partial charge in [0, 0.05) is 12.0 Å². The molecule has 0 amide bonds. The smallest absolute Gasteiger partial charge is 0.181 e. The van der Waals surface area contributed by atoms with Crippen molar-refractivity contribution in [1.82, 2.24) is 5.32 Å². The van der Waals surface area contributed by atoms with Gasteiger partial charge in [0.05, 0.1) is 6.10 Å². The third-order valence-corrected chi connectivity index (χ3v) is 1.94. The van der Waals surface area contributed by atoms with Crippen LogP contribution in [0.5, 0.6) is 0 Å². The van der Waals surface area contributed by atoms with Gasteiger partial charge in [-0.1, -0.05) is 20.8 Å². The Hall–Kier alpha value is -0.410. The molecule has 1 aliphatic rings. The molecule has 0 aromatic rings. The fourth-order valence-electron chi connectivity index (χ4n) is 1.15. The number of Topliss-reactive ketones (excluding diaryl/α,β-unsaturated/α-hetero) is 1. The summed E-state index contributed by atoms with van der Waals surface area (Å²) in [6.45, 7) is 8.45. The van der Waals surface area contributed by atoms with Crippen molar-refractivity contribution in [2.24, 2.45) is 5.41 Å². The van der Waals surface area contributed by atoms with Crippen LogP contribution in [-0.4, -0.2) is 24.7 Å². The van der Waals surface area contributed by atoms with Gasteiger partial charge in [-0.25, -0.2) is 0 Å². The lowest BCUT2D eigenvalue weighted by atomic mass is 9.90. The monoisotopic (exact) mass is 171 g/mol. The summed E-state index contributed by atoms with van der Waals surface area (Å²) in [6.07, 6.45) is -0.235. The van der Waals surface area contributed by atoms with Crippen molar-refractivity contribution in [2.75, 3.05) is 6.54 Å². The van der Waals surface area contributed by atoms with Gasteiger partial charge in [-0.15, -0.1) is 0 Å². The molecular formula is C9H17NO2. The summed E-state index contributed by atoms with van der Waals surface area (Å²) in [5.74, 6) is 0.131. The van der Waals surface area contributed by atoms with Gasteiger partial charge in [0.25, 0.3) is 0 Å². The Balaban J connectivity index is 2.55. The molecule has 0 aromatic heterocycles. The summed E-state index contributed by atoms with van der Waals surface area (Å²) in [7, 11) is 0. The molecule has 2 atom stereocenters. The van der Waals surface area contributed by atoms with E-state index in [9.17, 15) is 4.79 Å². The fraction of sp³-hybridized carbons (Fsp3) is 0.889. The number of carbonyl (C=O) groups is 1. The zero-order valence-corrected chi connectivity index (χ0v) is 8.18. The van der Waals surface area contributed by atoms with Crippen LogP contribution in [0.3, 0.4) is 0 Å². The van der Waals surface area contributed by atoms with E-state index in [2.05, 4.69) is 5.32 Å². The van der Waals surface area contributed by atoms with Crippen LogP contribution in [0.2, 0.25) is 0 Å². The molecule has 3 heteroatoms.